The van der Waals surface area contributed by atoms with E-state index in [1.165, 1.54) is 5.01 Å². The summed E-state index contributed by atoms with van der Waals surface area (Å²) >= 11 is 0. The lowest BCUT2D eigenvalue weighted by Gasteiger charge is -2.17. The molecule has 0 aliphatic rings. The van der Waals surface area contributed by atoms with Gasteiger partial charge in [0.1, 0.15) is 11.7 Å². The van der Waals surface area contributed by atoms with Crippen molar-refractivity contribution in [2.45, 2.75) is 13.3 Å². The monoisotopic (exact) mass is 178 g/mol. The van der Waals surface area contributed by atoms with E-state index in [1.807, 2.05) is 25.1 Å². The minimum atomic E-state index is 0.713. The molecule has 1 aromatic rings. The van der Waals surface area contributed by atoms with E-state index in [9.17, 15) is 0 Å². The van der Waals surface area contributed by atoms with Crippen LogP contribution in [0.15, 0.2) is 29.4 Å². The predicted octanol–water partition coefficient (Wildman–Crippen LogP) is 1.20. The number of nitrogens with zero attached hydrogens (tertiary/aromatic N) is 3. The van der Waals surface area contributed by atoms with Crippen LogP contribution in [0, 0.1) is 0 Å². The summed E-state index contributed by atoms with van der Waals surface area (Å²) in [5.41, 5.74) is 0. The minimum absolute atomic E-state index is 0.713. The number of rotatable bonds is 2. The Morgan fingerprint density at radius 1 is 1.62 bits per heavy atom. The lowest BCUT2D eigenvalue weighted by molar-refractivity contribution is 1.02. The summed E-state index contributed by atoms with van der Waals surface area (Å²) in [6.45, 7) is 2.01. The third-order valence-electron chi connectivity index (χ3n) is 1.75. The quantitative estimate of drug-likeness (QED) is 0.320. The summed E-state index contributed by atoms with van der Waals surface area (Å²) in [7, 11) is 1.72. The van der Waals surface area contributed by atoms with Crippen LogP contribution in [0.5, 0.6) is 0 Å². The molecule has 4 nitrogen and oxygen atoms in total. The molecule has 1 aromatic heterocycles. The topological polar surface area (TPSA) is 54.5 Å². The molecule has 4 heteroatoms. The van der Waals surface area contributed by atoms with E-state index in [0.717, 1.165) is 12.3 Å². The van der Waals surface area contributed by atoms with Crippen LogP contribution in [0.4, 0.5) is 5.82 Å². The molecule has 1 rings (SSSR count). The van der Waals surface area contributed by atoms with E-state index >= 15 is 0 Å². The van der Waals surface area contributed by atoms with Crippen molar-refractivity contribution in [1.29, 1.82) is 0 Å². The first-order valence-corrected chi connectivity index (χ1v) is 4.21. The molecule has 0 aromatic carbocycles. The van der Waals surface area contributed by atoms with Gasteiger partial charge in [-0.25, -0.2) is 15.8 Å². The van der Waals surface area contributed by atoms with Crippen molar-refractivity contribution >= 4 is 11.7 Å². The van der Waals surface area contributed by atoms with Crippen molar-refractivity contribution in [3.8, 4) is 0 Å². The van der Waals surface area contributed by atoms with E-state index in [4.69, 9.17) is 5.84 Å². The number of anilines is 1. The van der Waals surface area contributed by atoms with Crippen molar-refractivity contribution in [3.05, 3.63) is 24.4 Å². The Morgan fingerprint density at radius 3 is 2.85 bits per heavy atom. The molecule has 13 heavy (non-hydrogen) atoms. The van der Waals surface area contributed by atoms with E-state index < -0.39 is 0 Å². The van der Waals surface area contributed by atoms with E-state index in [-0.39, 0.29) is 0 Å². The highest BCUT2D eigenvalue weighted by Crippen LogP contribution is 2.06. The van der Waals surface area contributed by atoms with Gasteiger partial charge in [0.05, 0.1) is 0 Å². The fourth-order valence-electron chi connectivity index (χ4n) is 1.06. The number of pyridine rings is 1. The summed E-state index contributed by atoms with van der Waals surface area (Å²) in [5.74, 6) is 7.33. The average molecular weight is 178 g/mol. The smallest absolute Gasteiger partial charge is 0.148 e. The Hall–Kier alpha value is -1.42. The molecule has 0 fully saturated rings. The molecule has 70 valence electrons. The summed E-state index contributed by atoms with van der Waals surface area (Å²) in [6, 6.07) is 5.60. The van der Waals surface area contributed by atoms with Crippen LogP contribution in [0.25, 0.3) is 0 Å². The molecular weight excluding hydrogens is 164 g/mol. The van der Waals surface area contributed by atoms with E-state index in [0.29, 0.717) is 5.82 Å². The SMILES string of the molecule is CCC(=NC)N(N)c1ccccn1. The molecule has 0 amide bonds. The van der Waals surface area contributed by atoms with Crippen molar-refractivity contribution < 1.29 is 0 Å². The van der Waals surface area contributed by atoms with Crippen LogP contribution in [-0.4, -0.2) is 17.9 Å². The standard InChI is InChI=1S/C9H14N4/c1-3-8(11-2)13(10)9-6-4-5-7-12-9/h4-7H,3,10H2,1-2H3. The van der Waals surface area contributed by atoms with Gasteiger partial charge < -0.3 is 0 Å². The highest BCUT2D eigenvalue weighted by atomic mass is 15.4. The van der Waals surface area contributed by atoms with Crippen LogP contribution in [0.1, 0.15) is 13.3 Å². The summed E-state index contributed by atoms with van der Waals surface area (Å²) < 4.78 is 0. The highest BCUT2D eigenvalue weighted by molar-refractivity contribution is 5.95. The van der Waals surface area contributed by atoms with Crippen molar-refractivity contribution in [2.75, 3.05) is 12.1 Å². The van der Waals surface area contributed by atoms with Crippen LogP contribution in [0.3, 0.4) is 0 Å². The number of hydrogen-bond acceptors (Lipinski definition) is 3. The van der Waals surface area contributed by atoms with Gasteiger partial charge in [0.25, 0.3) is 0 Å². The molecule has 2 N–H and O–H groups in total. The third-order valence-corrected chi connectivity index (χ3v) is 1.75. The maximum Gasteiger partial charge on any atom is 0.148 e. The zero-order valence-corrected chi connectivity index (χ0v) is 7.94. The molecule has 0 aliphatic carbocycles. The maximum absolute atomic E-state index is 5.80. The largest absolute Gasteiger partial charge is 0.274 e. The molecule has 0 saturated carbocycles. The predicted molar refractivity (Wildman–Crippen MR) is 54.6 cm³/mol. The van der Waals surface area contributed by atoms with Gasteiger partial charge >= 0.3 is 0 Å². The van der Waals surface area contributed by atoms with Gasteiger partial charge in [0, 0.05) is 19.7 Å². The van der Waals surface area contributed by atoms with E-state index in [1.54, 1.807) is 13.2 Å². The van der Waals surface area contributed by atoms with Gasteiger partial charge in [-0.1, -0.05) is 13.0 Å². The Morgan fingerprint density at radius 2 is 2.38 bits per heavy atom. The number of hydrogen-bond donors (Lipinski definition) is 1. The lowest BCUT2D eigenvalue weighted by Crippen LogP contribution is -2.37. The van der Waals surface area contributed by atoms with Crippen molar-refractivity contribution in [3.63, 3.8) is 0 Å². The summed E-state index contributed by atoms with van der Waals surface area (Å²) in [4.78, 5) is 8.18. The van der Waals surface area contributed by atoms with Gasteiger partial charge in [0.15, 0.2) is 0 Å². The molecular formula is C9H14N4. The van der Waals surface area contributed by atoms with E-state index in [2.05, 4.69) is 9.98 Å². The zero-order chi connectivity index (χ0) is 9.68. The fourth-order valence-corrected chi connectivity index (χ4v) is 1.06. The molecule has 0 aliphatic heterocycles. The van der Waals surface area contributed by atoms with Crippen LogP contribution < -0.4 is 10.9 Å². The van der Waals surface area contributed by atoms with Crippen molar-refractivity contribution in [2.24, 2.45) is 10.8 Å². The Kier molecular flexibility index (Phi) is 3.40. The Labute approximate surface area is 78.1 Å². The van der Waals surface area contributed by atoms with Gasteiger partial charge in [0.2, 0.25) is 0 Å². The molecule has 0 saturated heterocycles. The molecule has 0 unspecified atom stereocenters. The molecule has 1 heterocycles. The maximum atomic E-state index is 5.80. The number of nitrogens with two attached hydrogens (primary N) is 1. The molecule has 0 radical (unpaired) electrons. The van der Waals surface area contributed by atoms with Crippen LogP contribution in [0.2, 0.25) is 0 Å². The fraction of sp³-hybridized carbons (Fsp3) is 0.333. The minimum Gasteiger partial charge on any atom is -0.274 e. The second-order valence-electron chi connectivity index (χ2n) is 2.55. The highest BCUT2D eigenvalue weighted by Gasteiger charge is 2.06. The van der Waals surface area contributed by atoms with Crippen LogP contribution in [-0.2, 0) is 0 Å². The Balaban J connectivity index is 2.85. The summed E-state index contributed by atoms with van der Waals surface area (Å²) in [5, 5.41) is 1.50. The summed E-state index contributed by atoms with van der Waals surface area (Å²) in [6.07, 6.45) is 2.50. The number of hydrazine groups is 1. The normalized spacial score (nSPS) is 11.5. The van der Waals surface area contributed by atoms with Crippen LogP contribution >= 0.6 is 0 Å². The number of amidine groups is 1. The van der Waals surface area contributed by atoms with Gasteiger partial charge in [-0.15, -0.1) is 0 Å². The zero-order valence-electron chi connectivity index (χ0n) is 7.94. The molecule has 0 atom stereocenters. The molecule has 0 spiro atoms. The van der Waals surface area contributed by atoms with Gasteiger partial charge in [-0.3, -0.25) is 4.99 Å². The first-order chi connectivity index (χ1) is 6.29. The molecule has 0 bridgehead atoms. The van der Waals surface area contributed by atoms with Gasteiger partial charge in [-0.05, 0) is 12.1 Å². The first-order valence-electron chi connectivity index (χ1n) is 4.21. The van der Waals surface area contributed by atoms with Gasteiger partial charge in [-0.2, -0.15) is 0 Å². The second-order valence-corrected chi connectivity index (χ2v) is 2.55. The lowest BCUT2D eigenvalue weighted by atomic mass is 10.4. The van der Waals surface area contributed by atoms with Crippen molar-refractivity contribution in [1.82, 2.24) is 4.98 Å². The number of aliphatic imine (C=N–C) groups is 1. The Bertz CT molecular complexity index is 281. The third kappa shape index (κ3) is 2.26. The first kappa shape index (κ1) is 9.67. The average Bonchev–Trinajstić information content (AvgIpc) is 2.21. The second kappa shape index (κ2) is 4.57. The number of aromatic nitrogens is 1.